The van der Waals surface area contributed by atoms with Crippen molar-refractivity contribution < 1.29 is 9.47 Å². The minimum atomic E-state index is 0.347. The number of methoxy groups -OCH3 is 1. The molecule has 1 fully saturated rings. The molecule has 0 amide bonds. The summed E-state index contributed by atoms with van der Waals surface area (Å²) >= 11 is 0. The number of benzene rings is 1. The predicted octanol–water partition coefficient (Wildman–Crippen LogP) is 5.78. The third kappa shape index (κ3) is 6.51. The Morgan fingerprint density at radius 3 is 2.39 bits per heavy atom. The van der Waals surface area contributed by atoms with E-state index in [1.54, 1.807) is 7.11 Å². The molecule has 4 heteroatoms. The van der Waals surface area contributed by atoms with Gasteiger partial charge in [-0.2, -0.15) is 0 Å². The monoisotopic (exact) mass is 388 g/mol. The highest BCUT2D eigenvalue weighted by Crippen LogP contribution is 2.46. The molecule has 1 aliphatic rings. The van der Waals surface area contributed by atoms with Crippen LogP contribution in [-0.2, 0) is 11.2 Å². The Morgan fingerprint density at radius 2 is 1.82 bits per heavy atom. The number of aliphatic imine (C=N–C) groups is 1. The van der Waals surface area contributed by atoms with Crippen LogP contribution in [0.3, 0.4) is 0 Å². The normalized spacial score (nSPS) is 19.1. The molecule has 28 heavy (non-hydrogen) atoms. The van der Waals surface area contributed by atoms with Crippen LogP contribution in [-0.4, -0.2) is 44.7 Å². The average molecular weight is 389 g/mol. The Bertz CT molecular complexity index is 663. The van der Waals surface area contributed by atoms with E-state index in [1.807, 2.05) is 19.5 Å². The van der Waals surface area contributed by atoms with E-state index in [9.17, 15) is 0 Å². The summed E-state index contributed by atoms with van der Waals surface area (Å²) in [5.41, 5.74) is 4.02. The first-order valence-electron chi connectivity index (χ1n) is 10.6. The lowest BCUT2D eigenvalue weighted by atomic mass is 9.64. The second-order valence-electron chi connectivity index (χ2n) is 9.92. The zero-order valence-electron chi connectivity index (χ0n) is 19.3. The van der Waals surface area contributed by atoms with Crippen molar-refractivity contribution in [1.29, 1.82) is 0 Å². The Labute approximate surface area is 172 Å². The maximum absolute atomic E-state index is 6.33. The topological polar surface area (TPSA) is 34.1 Å². The van der Waals surface area contributed by atoms with Gasteiger partial charge in [0.15, 0.2) is 0 Å². The molecule has 0 bridgehead atoms. The molecule has 0 N–H and O–H groups in total. The molecular formula is C24H40N2O2. The summed E-state index contributed by atoms with van der Waals surface area (Å²) in [7, 11) is 3.75. The van der Waals surface area contributed by atoms with Crippen molar-refractivity contribution in [2.24, 2.45) is 15.8 Å². The molecule has 0 spiro atoms. The van der Waals surface area contributed by atoms with Gasteiger partial charge in [-0.15, -0.1) is 0 Å². The molecule has 1 aromatic rings. The molecular weight excluding hydrogens is 348 g/mol. The Balaban J connectivity index is 2.02. The summed E-state index contributed by atoms with van der Waals surface area (Å²) in [4.78, 5) is 6.66. The molecule has 1 aromatic carbocycles. The van der Waals surface area contributed by atoms with Gasteiger partial charge >= 0.3 is 0 Å². The van der Waals surface area contributed by atoms with Crippen molar-refractivity contribution in [2.75, 3.05) is 27.3 Å². The second-order valence-corrected chi connectivity index (χ2v) is 9.92. The number of nitrogens with zero attached hydrogens (tertiary/aromatic N) is 2. The van der Waals surface area contributed by atoms with E-state index in [4.69, 9.17) is 9.47 Å². The number of rotatable bonds is 8. The van der Waals surface area contributed by atoms with Crippen molar-refractivity contribution in [2.45, 2.75) is 73.3 Å². The van der Waals surface area contributed by atoms with E-state index in [1.165, 1.54) is 12.0 Å². The van der Waals surface area contributed by atoms with Crippen LogP contribution in [0.4, 0.5) is 5.69 Å². The third-order valence-corrected chi connectivity index (χ3v) is 5.73. The van der Waals surface area contributed by atoms with E-state index in [-0.39, 0.29) is 0 Å². The minimum absolute atomic E-state index is 0.347. The van der Waals surface area contributed by atoms with Crippen molar-refractivity contribution in [1.82, 2.24) is 4.90 Å². The molecule has 158 valence electrons. The van der Waals surface area contributed by atoms with Crippen LogP contribution < -0.4 is 4.74 Å². The number of aryl methyl sites for hydroxylation is 1. The summed E-state index contributed by atoms with van der Waals surface area (Å²) < 4.78 is 12.0. The Hall–Kier alpha value is -1.55. The van der Waals surface area contributed by atoms with Gasteiger partial charge in [0.25, 0.3) is 0 Å². The Morgan fingerprint density at radius 1 is 1.18 bits per heavy atom. The first-order chi connectivity index (χ1) is 13.0. The van der Waals surface area contributed by atoms with Crippen molar-refractivity contribution in [3.05, 3.63) is 23.3 Å². The van der Waals surface area contributed by atoms with E-state index < -0.39 is 0 Å². The summed E-state index contributed by atoms with van der Waals surface area (Å²) in [6, 6.07) is 4.23. The van der Waals surface area contributed by atoms with Gasteiger partial charge in [0.05, 0.1) is 31.8 Å². The average Bonchev–Trinajstić information content (AvgIpc) is 2.58. The van der Waals surface area contributed by atoms with E-state index in [0.29, 0.717) is 16.9 Å². The van der Waals surface area contributed by atoms with Gasteiger partial charge in [0.1, 0.15) is 5.75 Å². The highest BCUT2D eigenvalue weighted by atomic mass is 16.5. The molecule has 0 saturated heterocycles. The van der Waals surface area contributed by atoms with Crippen molar-refractivity contribution >= 4 is 12.0 Å². The zero-order chi connectivity index (χ0) is 20.9. The summed E-state index contributed by atoms with van der Waals surface area (Å²) in [6.07, 6.45) is 6.63. The maximum atomic E-state index is 6.33. The van der Waals surface area contributed by atoms with Crippen LogP contribution in [0, 0.1) is 17.8 Å². The molecule has 2 rings (SSSR count). The van der Waals surface area contributed by atoms with Gasteiger partial charge < -0.3 is 14.4 Å². The second kappa shape index (κ2) is 9.30. The van der Waals surface area contributed by atoms with Crippen LogP contribution in [0.5, 0.6) is 5.75 Å². The third-order valence-electron chi connectivity index (χ3n) is 5.73. The molecule has 0 heterocycles. The van der Waals surface area contributed by atoms with Gasteiger partial charge in [0.2, 0.25) is 0 Å². The van der Waals surface area contributed by atoms with Crippen LogP contribution in [0.15, 0.2) is 17.1 Å². The predicted molar refractivity (Wildman–Crippen MR) is 119 cm³/mol. The largest absolute Gasteiger partial charge is 0.496 e. The smallest absolute Gasteiger partial charge is 0.124 e. The number of ether oxygens (including phenoxy) is 2. The highest BCUT2D eigenvalue weighted by molar-refractivity contribution is 5.64. The van der Waals surface area contributed by atoms with Crippen LogP contribution in [0.25, 0.3) is 0 Å². The fraction of sp³-hybridized carbons (Fsp3) is 0.708. The molecule has 0 aromatic heterocycles. The number of hydrogen-bond acceptors (Lipinski definition) is 3. The summed E-state index contributed by atoms with van der Waals surface area (Å²) in [6.45, 7) is 15.3. The van der Waals surface area contributed by atoms with Crippen LogP contribution in [0.2, 0.25) is 0 Å². The lowest BCUT2D eigenvalue weighted by Gasteiger charge is -2.44. The van der Waals surface area contributed by atoms with Gasteiger partial charge in [-0.25, -0.2) is 4.99 Å². The zero-order valence-corrected chi connectivity index (χ0v) is 19.3. The van der Waals surface area contributed by atoms with E-state index >= 15 is 0 Å². The SMILES string of the molecule is CCN(C)C=Nc1cc(OC)c(CCOC2CC(C)(C)CC(C)(C)C2)cc1C. The summed E-state index contributed by atoms with van der Waals surface area (Å²) in [5.74, 6) is 0.893. The molecule has 0 unspecified atom stereocenters. The molecule has 0 radical (unpaired) electrons. The number of hydrogen-bond donors (Lipinski definition) is 0. The molecule has 0 aliphatic heterocycles. The maximum Gasteiger partial charge on any atom is 0.124 e. The molecule has 1 aliphatic carbocycles. The first kappa shape index (κ1) is 22.7. The lowest BCUT2D eigenvalue weighted by molar-refractivity contribution is -0.0479. The highest BCUT2D eigenvalue weighted by Gasteiger charge is 2.38. The van der Waals surface area contributed by atoms with E-state index in [2.05, 4.69) is 57.5 Å². The fourth-order valence-electron chi connectivity index (χ4n) is 4.70. The fourth-order valence-corrected chi connectivity index (χ4v) is 4.70. The standard InChI is InChI=1S/C24H40N2O2/c1-9-26(7)17-25-21-13-22(27-8)19(12-18(21)2)10-11-28-20-14-23(3,4)16-24(5,6)15-20/h12-13,17,20H,9-11,14-16H2,1-8H3. The van der Waals surface area contributed by atoms with Gasteiger partial charge in [0, 0.05) is 19.7 Å². The van der Waals surface area contributed by atoms with Crippen LogP contribution in [0.1, 0.15) is 65.0 Å². The van der Waals surface area contributed by atoms with Crippen molar-refractivity contribution in [3.63, 3.8) is 0 Å². The first-order valence-corrected chi connectivity index (χ1v) is 10.6. The van der Waals surface area contributed by atoms with Crippen molar-refractivity contribution in [3.8, 4) is 5.75 Å². The quantitative estimate of drug-likeness (QED) is 0.418. The van der Waals surface area contributed by atoms with Crippen LogP contribution >= 0.6 is 0 Å². The lowest BCUT2D eigenvalue weighted by Crippen LogP contribution is -2.38. The minimum Gasteiger partial charge on any atom is -0.496 e. The molecule has 4 nitrogen and oxygen atoms in total. The van der Waals surface area contributed by atoms with Gasteiger partial charge in [-0.1, -0.05) is 33.8 Å². The van der Waals surface area contributed by atoms with Gasteiger partial charge in [-0.3, -0.25) is 0 Å². The molecule has 0 atom stereocenters. The molecule has 1 saturated carbocycles. The summed E-state index contributed by atoms with van der Waals surface area (Å²) in [5, 5.41) is 0. The Kier molecular flexibility index (Phi) is 7.55. The van der Waals surface area contributed by atoms with E-state index in [0.717, 1.165) is 49.4 Å². The van der Waals surface area contributed by atoms with Gasteiger partial charge in [-0.05, 0) is 61.5 Å².